The number of pyridine rings is 1. The molecule has 1 aromatic rings. The number of carbonyl (C=O) groups excluding carboxylic acids is 1. The van der Waals surface area contributed by atoms with Gasteiger partial charge in [-0.2, -0.15) is 0 Å². The van der Waals surface area contributed by atoms with Crippen LogP contribution in [0.15, 0.2) is 18.5 Å². The van der Waals surface area contributed by atoms with Gasteiger partial charge in [0, 0.05) is 23.9 Å². The third-order valence-electron chi connectivity index (χ3n) is 4.61. The summed E-state index contributed by atoms with van der Waals surface area (Å²) in [6, 6.07) is 1.84. The second kappa shape index (κ2) is 4.95. The second-order valence-electron chi connectivity index (χ2n) is 6.05. The molecular weight excluding hydrogens is 274 g/mol. The van der Waals surface area contributed by atoms with Crippen molar-refractivity contribution in [2.75, 3.05) is 0 Å². The zero-order valence-corrected chi connectivity index (χ0v) is 12.4. The topological polar surface area (TPSA) is 64.1 Å². The number of aryl methyl sites for hydroxylation is 1. The van der Waals surface area contributed by atoms with Crippen LogP contribution in [-0.2, 0) is 9.84 Å². The van der Waals surface area contributed by atoms with Crippen LogP contribution >= 0.6 is 0 Å². The van der Waals surface area contributed by atoms with Crippen LogP contribution in [0.4, 0.5) is 0 Å². The molecule has 0 spiro atoms. The van der Waals surface area contributed by atoms with Gasteiger partial charge in [-0.3, -0.25) is 9.78 Å². The molecule has 2 fully saturated rings. The van der Waals surface area contributed by atoms with Crippen LogP contribution in [0.5, 0.6) is 0 Å². The summed E-state index contributed by atoms with van der Waals surface area (Å²) < 4.78 is 24.5. The minimum Gasteiger partial charge on any atom is -0.294 e. The van der Waals surface area contributed by atoms with Crippen LogP contribution < -0.4 is 0 Å². The van der Waals surface area contributed by atoms with Gasteiger partial charge >= 0.3 is 0 Å². The molecule has 1 aromatic heterocycles. The van der Waals surface area contributed by atoms with Crippen molar-refractivity contribution in [2.24, 2.45) is 5.92 Å². The molecule has 2 aliphatic rings. The van der Waals surface area contributed by atoms with Gasteiger partial charge in [-0.25, -0.2) is 8.42 Å². The fourth-order valence-corrected chi connectivity index (χ4v) is 6.08. The molecule has 3 heterocycles. The van der Waals surface area contributed by atoms with E-state index in [9.17, 15) is 13.2 Å². The van der Waals surface area contributed by atoms with Crippen molar-refractivity contribution in [3.63, 3.8) is 0 Å². The molecule has 0 radical (unpaired) electrons. The SMILES string of the molecule is Cc1cncc(C(=O)C2CC3CCCC(C2)S3(=O)=O)c1. The Morgan fingerprint density at radius 3 is 2.45 bits per heavy atom. The predicted octanol–water partition coefficient (Wildman–Crippen LogP) is 2.32. The number of Topliss-reactive ketones (excluding diaryl/α,β-unsaturated/α-hetero) is 1. The Bertz CT molecular complexity index is 618. The van der Waals surface area contributed by atoms with E-state index in [1.165, 1.54) is 0 Å². The van der Waals surface area contributed by atoms with Gasteiger partial charge < -0.3 is 0 Å². The Hall–Kier alpha value is -1.23. The summed E-state index contributed by atoms with van der Waals surface area (Å²) in [5.41, 5.74) is 1.58. The highest BCUT2D eigenvalue weighted by atomic mass is 32.2. The summed E-state index contributed by atoms with van der Waals surface area (Å²) in [6.45, 7) is 1.91. The maximum absolute atomic E-state index is 12.6. The molecule has 0 amide bonds. The van der Waals surface area contributed by atoms with Crippen LogP contribution in [0, 0.1) is 12.8 Å². The summed E-state index contributed by atoms with van der Waals surface area (Å²) in [5.74, 6) is -0.0922. The lowest BCUT2D eigenvalue weighted by atomic mass is 9.84. The van der Waals surface area contributed by atoms with Gasteiger partial charge in [-0.15, -0.1) is 0 Å². The Balaban J connectivity index is 1.85. The van der Waals surface area contributed by atoms with Gasteiger partial charge in [0.15, 0.2) is 15.6 Å². The molecular formula is C15H19NO3S. The number of aromatic nitrogens is 1. The zero-order valence-electron chi connectivity index (χ0n) is 11.6. The number of rotatable bonds is 2. The van der Waals surface area contributed by atoms with Crippen molar-refractivity contribution >= 4 is 15.6 Å². The molecule has 2 bridgehead atoms. The summed E-state index contributed by atoms with van der Waals surface area (Å²) >= 11 is 0. The van der Waals surface area contributed by atoms with Crippen molar-refractivity contribution in [3.05, 3.63) is 29.6 Å². The average molecular weight is 293 g/mol. The van der Waals surface area contributed by atoms with Gasteiger partial charge in [0.25, 0.3) is 0 Å². The van der Waals surface area contributed by atoms with Crippen LogP contribution in [0.1, 0.15) is 48.0 Å². The molecule has 2 unspecified atom stereocenters. The van der Waals surface area contributed by atoms with E-state index in [0.717, 1.165) is 12.0 Å². The third kappa shape index (κ3) is 2.28. The average Bonchev–Trinajstić information content (AvgIpc) is 2.36. The number of carbonyl (C=O) groups is 1. The van der Waals surface area contributed by atoms with E-state index in [4.69, 9.17) is 0 Å². The second-order valence-corrected chi connectivity index (χ2v) is 8.56. The molecule has 0 N–H and O–H groups in total. The van der Waals surface area contributed by atoms with Gasteiger partial charge in [-0.1, -0.05) is 6.42 Å². The van der Waals surface area contributed by atoms with Crippen molar-refractivity contribution < 1.29 is 13.2 Å². The van der Waals surface area contributed by atoms with Crippen LogP contribution in [0.2, 0.25) is 0 Å². The first-order valence-electron chi connectivity index (χ1n) is 7.17. The largest absolute Gasteiger partial charge is 0.294 e. The third-order valence-corrected chi connectivity index (χ3v) is 7.32. The van der Waals surface area contributed by atoms with Crippen molar-refractivity contribution in [3.8, 4) is 0 Å². The first-order chi connectivity index (χ1) is 9.48. The van der Waals surface area contributed by atoms with Crippen LogP contribution in [-0.4, -0.2) is 29.7 Å². The number of sulfone groups is 1. The normalized spacial score (nSPS) is 31.8. The molecule has 3 rings (SSSR count). The summed E-state index contributed by atoms with van der Waals surface area (Å²) in [6.07, 6.45) is 6.70. The summed E-state index contributed by atoms with van der Waals surface area (Å²) in [5, 5.41) is -0.608. The first-order valence-corrected chi connectivity index (χ1v) is 8.78. The Labute approximate surface area is 119 Å². The van der Waals surface area contributed by atoms with Crippen LogP contribution in [0.3, 0.4) is 0 Å². The van der Waals surface area contributed by atoms with Crippen molar-refractivity contribution in [1.82, 2.24) is 4.98 Å². The molecule has 2 atom stereocenters. The molecule has 5 heteroatoms. The number of nitrogens with zero attached hydrogens (tertiary/aromatic N) is 1. The number of hydrogen-bond donors (Lipinski definition) is 0. The summed E-state index contributed by atoms with van der Waals surface area (Å²) in [7, 11) is -2.99. The lowest BCUT2D eigenvalue weighted by Gasteiger charge is -2.38. The maximum atomic E-state index is 12.6. The number of hydrogen-bond acceptors (Lipinski definition) is 4. The van der Waals surface area contributed by atoms with E-state index >= 15 is 0 Å². The first kappa shape index (κ1) is 13.7. The molecule has 20 heavy (non-hydrogen) atoms. The molecule has 2 saturated heterocycles. The van der Waals surface area contributed by atoms with Gasteiger partial charge in [0.1, 0.15) is 0 Å². The van der Waals surface area contributed by atoms with E-state index < -0.39 is 9.84 Å². The standard InChI is InChI=1S/C15H19NO3S/c1-10-5-12(9-16-8-10)15(17)11-6-13-3-2-4-14(7-11)20(13,18)19/h5,8-9,11,13-14H,2-4,6-7H2,1H3. The van der Waals surface area contributed by atoms with E-state index in [2.05, 4.69) is 4.98 Å². The molecule has 0 aromatic carbocycles. The molecule has 2 aliphatic heterocycles. The highest BCUT2D eigenvalue weighted by Gasteiger charge is 2.46. The van der Waals surface area contributed by atoms with E-state index in [1.807, 2.05) is 13.0 Å². The monoisotopic (exact) mass is 293 g/mol. The van der Waals surface area contributed by atoms with E-state index in [1.54, 1.807) is 12.4 Å². The minimum absolute atomic E-state index is 0.0630. The maximum Gasteiger partial charge on any atom is 0.167 e. The Kier molecular flexibility index (Phi) is 3.40. The fourth-order valence-electron chi connectivity index (χ4n) is 3.55. The zero-order chi connectivity index (χ0) is 14.3. The molecule has 0 aliphatic carbocycles. The lowest BCUT2D eigenvalue weighted by molar-refractivity contribution is 0.0893. The van der Waals surface area contributed by atoms with E-state index in [0.29, 0.717) is 31.2 Å². The smallest absolute Gasteiger partial charge is 0.167 e. The lowest BCUT2D eigenvalue weighted by Crippen LogP contribution is -2.45. The van der Waals surface area contributed by atoms with Crippen LogP contribution in [0.25, 0.3) is 0 Å². The quantitative estimate of drug-likeness (QED) is 0.785. The molecule has 0 saturated carbocycles. The van der Waals surface area contributed by atoms with E-state index in [-0.39, 0.29) is 22.2 Å². The van der Waals surface area contributed by atoms with Gasteiger partial charge in [0.05, 0.1) is 10.5 Å². The molecule has 4 nitrogen and oxygen atoms in total. The summed E-state index contributed by atoms with van der Waals surface area (Å²) in [4.78, 5) is 16.6. The Morgan fingerprint density at radius 2 is 1.85 bits per heavy atom. The predicted molar refractivity (Wildman–Crippen MR) is 76.4 cm³/mol. The highest BCUT2D eigenvalue weighted by Crippen LogP contribution is 2.40. The van der Waals surface area contributed by atoms with Crippen molar-refractivity contribution in [2.45, 2.75) is 49.5 Å². The molecule has 108 valence electrons. The van der Waals surface area contributed by atoms with Gasteiger partial charge in [0.2, 0.25) is 0 Å². The highest BCUT2D eigenvalue weighted by molar-refractivity contribution is 7.92. The van der Waals surface area contributed by atoms with Crippen molar-refractivity contribution in [1.29, 1.82) is 0 Å². The number of fused-ring (bicyclic) bond motifs is 2. The fraction of sp³-hybridized carbons (Fsp3) is 0.600. The minimum atomic E-state index is -2.99. The Morgan fingerprint density at radius 1 is 1.20 bits per heavy atom. The number of ketones is 1. The van der Waals surface area contributed by atoms with Gasteiger partial charge in [-0.05, 0) is 44.2 Å².